The van der Waals surface area contributed by atoms with Crippen molar-refractivity contribution in [1.29, 1.82) is 5.26 Å². The Hall–Kier alpha value is -4.98. The van der Waals surface area contributed by atoms with Gasteiger partial charge in [0.2, 0.25) is 0 Å². The van der Waals surface area contributed by atoms with E-state index in [1.807, 2.05) is 42.5 Å². The molecule has 0 radical (unpaired) electrons. The van der Waals surface area contributed by atoms with E-state index in [1.165, 1.54) is 19.3 Å². The van der Waals surface area contributed by atoms with E-state index < -0.39 is 6.10 Å². The van der Waals surface area contributed by atoms with E-state index in [2.05, 4.69) is 64.4 Å². The topological polar surface area (TPSA) is 113 Å². The molecule has 1 aliphatic rings. The minimum Gasteiger partial charge on any atom is -0.493 e. The fourth-order valence-electron chi connectivity index (χ4n) is 6.74. The molecule has 280 valence electrons. The molecule has 1 unspecified atom stereocenters. The van der Waals surface area contributed by atoms with Gasteiger partial charge in [-0.15, -0.1) is 0 Å². The first kappa shape index (κ1) is 38.7. The molecule has 3 aromatic carbocycles. The van der Waals surface area contributed by atoms with Crippen LogP contribution in [0.4, 0.5) is 0 Å². The van der Waals surface area contributed by atoms with E-state index in [-0.39, 0.29) is 6.61 Å². The molecule has 0 amide bonds. The van der Waals surface area contributed by atoms with Crippen LogP contribution in [-0.2, 0) is 19.8 Å². The van der Waals surface area contributed by atoms with Crippen molar-refractivity contribution in [3.63, 3.8) is 0 Å². The average Bonchev–Trinajstić information content (AvgIpc) is 3.20. The highest BCUT2D eigenvalue weighted by Gasteiger charge is 2.18. The quantitative estimate of drug-likeness (QED) is 0.0905. The zero-order chi connectivity index (χ0) is 37.7. The molecule has 0 spiro atoms. The molecule has 0 aliphatic carbocycles. The number of benzene rings is 3. The van der Waals surface area contributed by atoms with Gasteiger partial charge < -0.3 is 24.6 Å². The number of ether oxygens (including phenoxy) is 3. The van der Waals surface area contributed by atoms with E-state index in [4.69, 9.17) is 25.8 Å². The summed E-state index contributed by atoms with van der Waals surface area (Å²) in [6, 6.07) is 25.8. The van der Waals surface area contributed by atoms with Crippen LogP contribution in [-0.4, -0.2) is 52.8 Å². The molecule has 3 heterocycles. The Morgan fingerprint density at radius 2 is 1.65 bits per heavy atom. The highest BCUT2D eigenvalue weighted by Crippen LogP contribution is 2.37. The van der Waals surface area contributed by atoms with Crippen LogP contribution in [0, 0.1) is 25.2 Å². The molecule has 0 saturated carbocycles. The van der Waals surface area contributed by atoms with Crippen molar-refractivity contribution in [2.45, 2.75) is 65.4 Å². The van der Waals surface area contributed by atoms with Crippen molar-refractivity contribution in [2.75, 3.05) is 32.8 Å². The minimum absolute atomic E-state index is 0.271. The van der Waals surface area contributed by atoms with E-state index in [9.17, 15) is 10.4 Å². The minimum atomic E-state index is -0.642. The van der Waals surface area contributed by atoms with E-state index in [0.717, 1.165) is 77.3 Å². The van der Waals surface area contributed by atoms with Gasteiger partial charge in [0, 0.05) is 48.9 Å². The normalized spacial score (nSPS) is 13.6. The number of pyridine rings is 2. The van der Waals surface area contributed by atoms with Gasteiger partial charge >= 0.3 is 0 Å². The number of rotatable bonds is 17. The molecule has 1 atom stereocenters. The Kier molecular flexibility index (Phi) is 13.9. The molecule has 1 aliphatic heterocycles. The first-order valence-electron chi connectivity index (χ1n) is 18.6. The summed E-state index contributed by atoms with van der Waals surface area (Å²) in [4.78, 5) is 10.8. The van der Waals surface area contributed by atoms with Gasteiger partial charge in [-0.2, -0.15) is 5.26 Å². The lowest BCUT2D eigenvalue weighted by Crippen LogP contribution is -2.29. The molecule has 5 aromatic rings. The van der Waals surface area contributed by atoms with Crippen LogP contribution in [0.2, 0.25) is 5.02 Å². The van der Waals surface area contributed by atoms with Crippen LogP contribution < -0.4 is 19.5 Å². The SMILES string of the molecule is Cc1c(COc2cc(OCc3cncc(C#N)c3)c(CN3CCCCC3)cc2Cl)cccc1-c1cccc(OCCCNCC(O)c2ccccn2)c1C. The number of nitriles is 1. The van der Waals surface area contributed by atoms with Gasteiger partial charge in [-0.25, -0.2) is 0 Å². The largest absolute Gasteiger partial charge is 0.493 e. The summed E-state index contributed by atoms with van der Waals surface area (Å²) in [5.41, 5.74) is 8.44. The number of halogens is 1. The predicted octanol–water partition coefficient (Wildman–Crippen LogP) is 8.52. The second kappa shape index (κ2) is 19.4. The van der Waals surface area contributed by atoms with Gasteiger partial charge in [-0.3, -0.25) is 14.9 Å². The number of nitrogens with one attached hydrogen (secondary N) is 1. The predicted molar refractivity (Wildman–Crippen MR) is 212 cm³/mol. The fourth-order valence-corrected chi connectivity index (χ4v) is 6.98. The number of piperidine rings is 1. The van der Waals surface area contributed by atoms with Crippen molar-refractivity contribution >= 4 is 11.6 Å². The molecule has 6 rings (SSSR count). The average molecular weight is 746 g/mol. The van der Waals surface area contributed by atoms with Crippen LogP contribution in [0.25, 0.3) is 11.1 Å². The van der Waals surface area contributed by atoms with Crippen LogP contribution >= 0.6 is 11.6 Å². The molecular formula is C44H48ClN5O4. The van der Waals surface area contributed by atoms with Crippen LogP contribution in [0.1, 0.15) is 70.9 Å². The van der Waals surface area contributed by atoms with Crippen LogP contribution in [0.15, 0.2) is 91.4 Å². The van der Waals surface area contributed by atoms with E-state index in [1.54, 1.807) is 24.7 Å². The molecule has 1 saturated heterocycles. The second-order valence-corrected chi connectivity index (χ2v) is 14.1. The Morgan fingerprint density at radius 3 is 2.44 bits per heavy atom. The van der Waals surface area contributed by atoms with E-state index >= 15 is 0 Å². The van der Waals surface area contributed by atoms with Gasteiger partial charge in [-0.05, 0) is 111 Å². The summed E-state index contributed by atoms with van der Waals surface area (Å²) in [6.45, 7) is 9.35. The highest BCUT2D eigenvalue weighted by atomic mass is 35.5. The molecule has 10 heteroatoms. The summed E-state index contributed by atoms with van der Waals surface area (Å²) in [6.07, 6.45) is 8.74. The van der Waals surface area contributed by atoms with E-state index in [0.29, 0.717) is 47.5 Å². The molecular weight excluding hydrogens is 698 g/mol. The summed E-state index contributed by atoms with van der Waals surface area (Å²) in [5, 5.41) is 23.5. The molecule has 2 aromatic heterocycles. The number of aliphatic hydroxyl groups is 1. The number of nitrogens with zero attached hydrogens (tertiary/aromatic N) is 4. The Balaban J connectivity index is 1.10. The van der Waals surface area contributed by atoms with Crippen LogP contribution in [0.3, 0.4) is 0 Å². The zero-order valence-electron chi connectivity index (χ0n) is 31.1. The Bertz CT molecular complexity index is 2030. The van der Waals surface area contributed by atoms with Crippen molar-refractivity contribution in [2.24, 2.45) is 0 Å². The van der Waals surface area contributed by atoms with Gasteiger partial charge in [0.05, 0.1) is 22.9 Å². The van der Waals surface area contributed by atoms with Crippen molar-refractivity contribution in [3.05, 3.63) is 135 Å². The Morgan fingerprint density at radius 1 is 0.852 bits per heavy atom. The van der Waals surface area contributed by atoms with Crippen molar-refractivity contribution in [1.82, 2.24) is 20.2 Å². The maximum absolute atomic E-state index is 10.3. The third-order valence-electron chi connectivity index (χ3n) is 9.80. The number of hydrogen-bond donors (Lipinski definition) is 2. The highest BCUT2D eigenvalue weighted by molar-refractivity contribution is 6.32. The lowest BCUT2D eigenvalue weighted by atomic mass is 9.93. The summed E-state index contributed by atoms with van der Waals surface area (Å²) in [7, 11) is 0. The third-order valence-corrected chi connectivity index (χ3v) is 10.1. The maximum atomic E-state index is 10.3. The van der Waals surface area contributed by atoms with Gasteiger partial charge in [0.1, 0.15) is 42.6 Å². The number of hydrogen-bond acceptors (Lipinski definition) is 9. The standard InChI is InChI=1S/C44H48ClN5O4/c1-31-35(11-8-12-37(31)38-13-9-15-42(32(38)2)52-20-10-16-47-27-41(51)40-14-4-5-17-49-40)30-54-44-23-43(53-29-34-21-33(24-46)25-48-26-34)36(22-39(44)45)28-50-18-6-3-7-19-50/h4-5,8-9,11-15,17,21-23,25-26,41,47,51H,3,6-7,10,16,18-20,27-30H2,1-2H3. The Labute approximate surface area is 323 Å². The van der Waals surface area contributed by atoms with Gasteiger partial charge in [0.15, 0.2) is 0 Å². The number of aromatic nitrogens is 2. The van der Waals surface area contributed by atoms with Crippen LogP contribution in [0.5, 0.6) is 17.2 Å². The summed E-state index contributed by atoms with van der Waals surface area (Å²) >= 11 is 6.88. The fraction of sp³-hybridized carbons (Fsp3) is 0.341. The number of likely N-dealkylation sites (tertiary alicyclic amines) is 1. The second-order valence-electron chi connectivity index (χ2n) is 13.7. The van der Waals surface area contributed by atoms with Crippen molar-refractivity contribution < 1.29 is 19.3 Å². The molecule has 0 bridgehead atoms. The monoisotopic (exact) mass is 745 g/mol. The molecule has 2 N–H and O–H groups in total. The first-order valence-corrected chi connectivity index (χ1v) is 19.0. The molecule has 1 fully saturated rings. The molecule has 54 heavy (non-hydrogen) atoms. The zero-order valence-corrected chi connectivity index (χ0v) is 31.8. The maximum Gasteiger partial charge on any atom is 0.142 e. The lowest BCUT2D eigenvalue weighted by Gasteiger charge is -2.27. The number of aliphatic hydroxyl groups excluding tert-OH is 1. The smallest absolute Gasteiger partial charge is 0.142 e. The van der Waals surface area contributed by atoms with Gasteiger partial charge in [-0.1, -0.05) is 54.4 Å². The van der Waals surface area contributed by atoms with Gasteiger partial charge in [0.25, 0.3) is 0 Å². The summed E-state index contributed by atoms with van der Waals surface area (Å²) in [5.74, 6) is 2.11. The summed E-state index contributed by atoms with van der Waals surface area (Å²) < 4.78 is 19.0. The first-order chi connectivity index (χ1) is 26.4. The molecule has 9 nitrogen and oxygen atoms in total. The van der Waals surface area contributed by atoms with Crippen molar-refractivity contribution in [3.8, 4) is 34.4 Å². The lowest BCUT2D eigenvalue weighted by molar-refractivity contribution is 0.169. The third kappa shape index (κ3) is 10.4.